The van der Waals surface area contributed by atoms with E-state index in [4.69, 9.17) is 0 Å². The van der Waals surface area contributed by atoms with Crippen LogP contribution < -0.4 is 9.80 Å². The summed E-state index contributed by atoms with van der Waals surface area (Å²) in [6.45, 7) is 7.92. The number of aromatic nitrogens is 3. The van der Waals surface area contributed by atoms with Crippen LogP contribution in [0.3, 0.4) is 0 Å². The Morgan fingerprint density at radius 2 is 1.97 bits per heavy atom. The van der Waals surface area contributed by atoms with Crippen molar-refractivity contribution in [1.29, 1.82) is 0 Å². The molecule has 1 saturated carbocycles. The molecule has 29 heavy (non-hydrogen) atoms. The summed E-state index contributed by atoms with van der Waals surface area (Å²) in [5.41, 5.74) is 7.61. The zero-order valence-corrected chi connectivity index (χ0v) is 17.4. The number of benzene rings is 1. The minimum atomic E-state index is 0.187. The standard InChI is InChI=1S/C23H27N5O/c1-15-5-4-6-20-23(15)26(18-7-8-18)13-14-27(20)22(29)10-9-19-16(2)25-21-11-12-24-28(21)17(19)3/h4-6,11-12,18H,7-10,13-14H2,1-3H3. The molecule has 0 unspecified atom stereocenters. The maximum absolute atomic E-state index is 13.2. The van der Waals surface area contributed by atoms with Gasteiger partial charge in [-0.2, -0.15) is 5.10 Å². The summed E-state index contributed by atoms with van der Waals surface area (Å²) >= 11 is 0. The van der Waals surface area contributed by atoms with Crippen LogP contribution in [-0.2, 0) is 11.2 Å². The van der Waals surface area contributed by atoms with Gasteiger partial charge in [0.25, 0.3) is 0 Å². The number of para-hydroxylation sites is 1. The Bertz CT molecular complexity index is 1100. The second-order valence-corrected chi connectivity index (χ2v) is 8.27. The van der Waals surface area contributed by atoms with Gasteiger partial charge in [0, 0.05) is 43.0 Å². The Kier molecular flexibility index (Phi) is 4.30. The van der Waals surface area contributed by atoms with E-state index in [1.807, 2.05) is 22.4 Å². The lowest BCUT2D eigenvalue weighted by Gasteiger charge is -2.39. The quantitative estimate of drug-likeness (QED) is 0.684. The van der Waals surface area contributed by atoms with Crippen molar-refractivity contribution in [1.82, 2.24) is 14.6 Å². The molecule has 1 aliphatic carbocycles. The Labute approximate surface area is 171 Å². The average Bonchev–Trinajstić information content (AvgIpc) is 3.45. The second kappa shape index (κ2) is 6.87. The molecule has 1 amide bonds. The van der Waals surface area contributed by atoms with Crippen LogP contribution in [0.4, 0.5) is 11.4 Å². The van der Waals surface area contributed by atoms with Crippen LogP contribution in [0.25, 0.3) is 5.65 Å². The van der Waals surface area contributed by atoms with Crippen LogP contribution >= 0.6 is 0 Å². The van der Waals surface area contributed by atoms with Gasteiger partial charge in [-0.05, 0) is 57.2 Å². The number of aryl methyl sites for hydroxylation is 3. The number of fused-ring (bicyclic) bond motifs is 2. The van der Waals surface area contributed by atoms with Crippen molar-refractivity contribution in [2.75, 3.05) is 22.9 Å². The molecular formula is C23H27N5O. The molecule has 1 aromatic carbocycles. The van der Waals surface area contributed by atoms with Crippen molar-refractivity contribution < 1.29 is 4.79 Å². The van der Waals surface area contributed by atoms with Crippen LogP contribution in [0.1, 0.15) is 41.8 Å². The lowest BCUT2D eigenvalue weighted by Crippen LogP contribution is -2.45. The molecule has 1 fully saturated rings. The Morgan fingerprint density at radius 3 is 2.76 bits per heavy atom. The highest BCUT2D eigenvalue weighted by Gasteiger charge is 2.36. The normalized spacial score (nSPS) is 16.4. The molecule has 1 aliphatic heterocycles. The minimum absolute atomic E-state index is 0.187. The van der Waals surface area contributed by atoms with Crippen LogP contribution in [0.2, 0.25) is 0 Å². The van der Waals surface area contributed by atoms with Crippen LogP contribution in [0.15, 0.2) is 30.5 Å². The van der Waals surface area contributed by atoms with E-state index in [-0.39, 0.29) is 5.91 Å². The van der Waals surface area contributed by atoms with Gasteiger partial charge in [0.2, 0.25) is 5.91 Å². The van der Waals surface area contributed by atoms with Gasteiger partial charge in [-0.3, -0.25) is 4.79 Å². The number of amides is 1. The smallest absolute Gasteiger partial charge is 0.227 e. The number of rotatable bonds is 4. The lowest BCUT2D eigenvalue weighted by molar-refractivity contribution is -0.118. The summed E-state index contributed by atoms with van der Waals surface area (Å²) in [5.74, 6) is 0.187. The molecule has 6 nitrogen and oxygen atoms in total. The number of carbonyl (C=O) groups is 1. The van der Waals surface area contributed by atoms with E-state index < -0.39 is 0 Å². The van der Waals surface area contributed by atoms with Gasteiger partial charge in [0.05, 0.1) is 17.6 Å². The third-order valence-electron chi connectivity index (χ3n) is 6.33. The molecule has 3 heterocycles. The van der Waals surface area contributed by atoms with E-state index in [0.717, 1.165) is 41.4 Å². The van der Waals surface area contributed by atoms with Crippen molar-refractivity contribution in [3.8, 4) is 0 Å². The van der Waals surface area contributed by atoms with E-state index in [2.05, 4.69) is 47.0 Å². The average molecular weight is 390 g/mol. The third-order valence-corrected chi connectivity index (χ3v) is 6.33. The van der Waals surface area contributed by atoms with Crippen LogP contribution in [-0.4, -0.2) is 39.6 Å². The third kappa shape index (κ3) is 3.07. The molecule has 0 N–H and O–H groups in total. The second-order valence-electron chi connectivity index (χ2n) is 8.27. The molecule has 0 atom stereocenters. The van der Waals surface area contributed by atoms with Crippen molar-refractivity contribution in [3.63, 3.8) is 0 Å². The topological polar surface area (TPSA) is 53.7 Å². The summed E-state index contributed by atoms with van der Waals surface area (Å²) < 4.78 is 1.86. The van der Waals surface area contributed by atoms with Crippen molar-refractivity contribution in [2.24, 2.45) is 0 Å². The van der Waals surface area contributed by atoms with E-state index in [1.54, 1.807) is 6.20 Å². The zero-order valence-electron chi connectivity index (χ0n) is 17.4. The largest absolute Gasteiger partial charge is 0.365 e. The van der Waals surface area contributed by atoms with Gasteiger partial charge in [-0.15, -0.1) is 0 Å². The van der Waals surface area contributed by atoms with Gasteiger partial charge in [-0.25, -0.2) is 9.50 Å². The Balaban J connectivity index is 1.39. The molecule has 0 radical (unpaired) electrons. The summed E-state index contributed by atoms with van der Waals surface area (Å²) in [7, 11) is 0. The Hall–Kier alpha value is -2.89. The summed E-state index contributed by atoms with van der Waals surface area (Å²) in [6.07, 6.45) is 5.46. The number of carbonyl (C=O) groups excluding carboxylic acids is 1. The lowest BCUT2D eigenvalue weighted by atomic mass is 10.0. The first-order valence-corrected chi connectivity index (χ1v) is 10.5. The maximum Gasteiger partial charge on any atom is 0.227 e. The van der Waals surface area contributed by atoms with E-state index in [9.17, 15) is 4.79 Å². The summed E-state index contributed by atoms with van der Waals surface area (Å²) in [5, 5.41) is 4.36. The van der Waals surface area contributed by atoms with Crippen molar-refractivity contribution in [3.05, 3.63) is 53.0 Å². The fraction of sp³-hybridized carbons (Fsp3) is 0.435. The number of anilines is 2. The van der Waals surface area contributed by atoms with Crippen molar-refractivity contribution in [2.45, 2.75) is 52.5 Å². The fourth-order valence-electron chi connectivity index (χ4n) is 4.68. The van der Waals surface area contributed by atoms with Crippen LogP contribution in [0, 0.1) is 20.8 Å². The van der Waals surface area contributed by atoms with E-state index in [0.29, 0.717) is 18.9 Å². The first-order valence-electron chi connectivity index (χ1n) is 10.5. The molecule has 3 aromatic rings. The number of hydrogen-bond donors (Lipinski definition) is 0. The first kappa shape index (κ1) is 18.2. The first-order chi connectivity index (χ1) is 14.0. The van der Waals surface area contributed by atoms with Gasteiger partial charge in [0.15, 0.2) is 5.65 Å². The van der Waals surface area contributed by atoms with Gasteiger partial charge >= 0.3 is 0 Å². The minimum Gasteiger partial charge on any atom is -0.365 e. The highest BCUT2D eigenvalue weighted by molar-refractivity contribution is 5.98. The number of hydrogen-bond acceptors (Lipinski definition) is 4. The van der Waals surface area contributed by atoms with Gasteiger partial charge in [0.1, 0.15) is 0 Å². The summed E-state index contributed by atoms with van der Waals surface area (Å²) in [6, 6.07) is 8.88. The molecule has 0 saturated heterocycles. The molecule has 5 rings (SSSR count). The predicted octanol–water partition coefficient (Wildman–Crippen LogP) is 3.60. The highest BCUT2D eigenvalue weighted by Crippen LogP contribution is 2.42. The van der Waals surface area contributed by atoms with Crippen molar-refractivity contribution >= 4 is 22.9 Å². The van der Waals surface area contributed by atoms with E-state index in [1.165, 1.54) is 24.1 Å². The SMILES string of the molecule is Cc1cccc2c1N(C1CC1)CCN2C(=O)CCc1c(C)nc2ccnn2c1C. The molecule has 6 heteroatoms. The molecule has 2 aromatic heterocycles. The van der Waals surface area contributed by atoms with Crippen LogP contribution in [0.5, 0.6) is 0 Å². The zero-order chi connectivity index (χ0) is 20.1. The molecule has 150 valence electrons. The summed E-state index contributed by atoms with van der Waals surface area (Å²) in [4.78, 5) is 22.4. The molecule has 2 aliphatic rings. The maximum atomic E-state index is 13.2. The molecular weight excluding hydrogens is 362 g/mol. The molecule has 0 bridgehead atoms. The monoisotopic (exact) mass is 389 g/mol. The Morgan fingerprint density at radius 1 is 1.14 bits per heavy atom. The highest BCUT2D eigenvalue weighted by atomic mass is 16.2. The fourth-order valence-corrected chi connectivity index (χ4v) is 4.68. The number of nitrogens with zero attached hydrogens (tertiary/aromatic N) is 5. The van der Waals surface area contributed by atoms with Gasteiger partial charge in [-0.1, -0.05) is 12.1 Å². The van der Waals surface area contributed by atoms with Gasteiger partial charge < -0.3 is 9.80 Å². The molecule has 0 spiro atoms. The van der Waals surface area contributed by atoms with E-state index >= 15 is 0 Å². The predicted molar refractivity (Wildman–Crippen MR) is 115 cm³/mol.